The fraction of sp³-hybridized carbons (Fsp3) is 0.250. The van der Waals surface area contributed by atoms with Crippen molar-refractivity contribution in [2.75, 3.05) is 12.4 Å². The van der Waals surface area contributed by atoms with Gasteiger partial charge in [0.2, 0.25) is 0 Å². The first-order valence-corrected chi connectivity index (χ1v) is 5.42. The highest BCUT2D eigenvalue weighted by Gasteiger charge is 2.21. The summed E-state index contributed by atoms with van der Waals surface area (Å²) in [5.74, 6) is -0.715. The van der Waals surface area contributed by atoms with Gasteiger partial charge in [0.1, 0.15) is 17.5 Å². The molecule has 0 saturated heterocycles. The third-order valence-electron chi connectivity index (χ3n) is 2.43. The molecule has 1 aromatic rings. The van der Waals surface area contributed by atoms with E-state index in [9.17, 15) is 14.9 Å². The van der Waals surface area contributed by atoms with Crippen LogP contribution in [-0.2, 0) is 4.79 Å². The number of anilines is 1. The molecule has 0 fully saturated rings. The number of nitro benzene ring substituents is 1. The average Bonchev–Trinajstić information content (AvgIpc) is 2.37. The van der Waals surface area contributed by atoms with Gasteiger partial charge in [-0.15, -0.1) is 6.58 Å². The second kappa shape index (κ2) is 6.39. The van der Waals surface area contributed by atoms with Crippen LogP contribution >= 0.6 is 0 Å². The van der Waals surface area contributed by atoms with Gasteiger partial charge in [-0.2, -0.15) is 0 Å². The summed E-state index contributed by atoms with van der Waals surface area (Å²) in [4.78, 5) is 21.3. The van der Waals surface area contributed by atoms with Crippen LogP contribution in [0.1, 0.15) is 6.42 Å². The lowest BCUT2D eigenvalue weighted by Gasteiger charge is -2.14. The zero-order chi connectivity index (χ0) is 14.4. The molecule has 1 atom stereocenters. The molecule has 7 heteroatoms. The predicted octanol–water partition coefficient (Wildman–Crippen LogP) is 2.04. The van der Waals surface area contributed by atoms with Crippen molar-refractivity contribution in [1.29, 1.82) is 0 Å². The summed E-state index contributed by atoms with van der Waals surface area (Å²) in [5, 5.41) is 22.5. The number of ether oxygens (including phenoxy) is 1. The van der Waals surface area contributed by atoms with Crippen LogP contribution in [-0.4, -0.2) is 29.2 Å². The zero-order valence-corrected chi connectivity index (χ0v) is 10.3. The smallest absolute Gasteiger partial charge is 0.326 e. The van der Waals surface area contributed by atoms with E-state index < -0.39 is 16.9 Å². The molecule has 2 N–H and O–H groups in total. The largest absolute Gasteiger partial charge is 0.497 e. The summed E-state index contributed by atoms with van der Waals surface area (Å²) >= 11 is 0. The molecule has 0 bridgehead atoms. The highest BCUT2D eigenvalue weighted by molar-refractivity contribution is 5.79. The Morgan fingerprint density at radius 3 is 2.84 bits per heavy atom. The van der Waals surface area contributed by atoms with Crippen molar-refractivity contribution in [3.63, 3.8) is 0 Å². The Morgan fingerprint density at radius 2 is 2.37 bits per heavy atom. The van der Waals surface area contributed by atoms with Gasteiger partial charge in [-0.3, -0.25) is 10.1 Å². The molecule has 0 aliphatic heterocycles. The molecule has 0 radical (unpaired) electrons. The minimum atomic E-state index is -1.11. The van der Waals surface area contributed by atoms with E-state index in [1.54, 1.807) is 0 Å². The number of nitro groups is 1. The van der Waals surface area contributed by atoms with Crippen LogP contribution in [0.3, 0.4) is 0 Å². The number of carbonyl (C=O) groups is 1. The maximum atomic E-state index is 11.0. The van der Waals surface area contributed by atoms with Gasteiger partial charge in [0.15, 0.2) is 0 Å². The molecule has 0 amide bonds. The van der Waals surface area contributed by atoms with Crippen molar-refractivity contribution < 1.29 is 19.6 Å². The molecular weight excluding hydrogens is 252 g/mol. The SMILES string of the molecule is C=CCC(Nc1cc(OC)ccc1[N+](=O)[O-])C(=O)O. The monoisotopic (exact) mass is 266 g/mol. The molecule has 0 aliphatic rings. The molecule has 0 spiro atoms. The van der Waals surface area contributed by atoms with Crippen LogP contribution in [0.4, 0.5) is 11.4 Å². The summed E-state index contributed by atoms with van der Waals surface area (Å²) in [6.45, 7) is 3.45. The number of benzene rings is 1. The molecule has 0 aromatic heterocycles. The topological polar surface area (TPSA) is 102 Å². The average molecular weight is 266 g/mol. The van der Waals surface area contributed by atoms with Gasteiger partial charge in [0.25, 0.3) is 5.69 Å². The van der Waals surface area contributed by atoms with Crippen LogP contribution in [0.5, 0.6) is 5.75 Å². The van der Waals surface area contributed by atoms with E-state index >= 15 is 0 Å². The Morgan fingerprint density at radius 1 is 1.68 bits per heavy atom. The number of carboxylic acid groups (broad SMARTS) is 1. The third-order valence-corrected chi connectivity index (χ3v) is 2.43. The molecule has 7 nitrogen and oxygen atoms in total. The molecule has 102 valence electrons. The van der Waals surface area contributed by atoms with Gasteiger partial charge in [-0.25, -0.2) is 4.79 Å². The Balaban J connectivity index is 3.11. The van der Waals surface area contributed by atoms with Crippen LogP contribution < -0.4 is 10.1 Å². The summed E-state index contributed by atoms with van der Waals surface area (Å²) in [6, 6.07) is 3.10. The predicted molar refractivity (Wildman–Crippen MR) is 69.5 cm³/mol. The lowest BCUT2D eigenvalue weighted by Crippen LogP contribution is -2.28. The van der Waals surface area contributed by atoms with Gasteiger partial charge in [0, 0.05) is 12.1 Å². The summed E-state index contributed by atoms with van der Waals surface area (Å²) < 4.78 is 4.96. The first-order chi connectivity index (χ1) is 8.99. The fourth-order valence-electron chi connectivity index (χ4n) is 1.49. The van der Waals surface area contributed by atoms with Crippen molar-refractivity contribution >= 4 is 17.3 Å². The van der Waals surface area contributed by atoms with Crippen LogP contribution in [0.2, 0.25) is 0 Å². The minimum Gasteiger partial charge on any atom is -0.497 e. The van der Waals surface area contributed by atoms with Gasteiger partial charge in [-0.1, -0.05) is 6.08 Å². The number of carboxylic acids is 1. The number of rotatable bonds is 7. The second-order valence-corrected chi connectivity index (χ2v) is 3.70. The highest BCUT2D eigenvalue weighted by atomic mass is 16.6. The summed E-state index contributed by atoms with van der Waals surface area (Å²) in [5.41, 5.74) is -0.116. The molecule has 1 rings (SSSR count). The van der Waals surface area contributed by atoms with E-state index in [1.807, 2.05) is 0 Å². The number of nitrogens with zero attached hydrogens (tertiary/aromatic N) is 1. The molecule has 0 saturated carbocycles. The first-order valence-electron chi connectivity index (χ1n) is 5.42. The van der Waals surface area contributed by atoms with E-state index in [2.05, 4.69) is 11.9 Å². The number of aliphatic carboxylic acids is 1. The van der Waals surface area contributed by atoms with Crippen molar-refractivity contribution in [2.24, 2.45) is 0 Å². The zero-order valence-electron chi connectivity index (χ0n) is 10.3. The molecular formula is C12H14N2O5. The number of hydrogen-bond acceptors (Lipinski definition) is 5. The van der Waals surface area contributed by atoms with Gasteiger partial charge >= 0.3 is 5.97 Å². The third kappa shape index (κ3) is 3.70. The van der Waals surface area contributed by atoms with Gasteiger partial charge in [0.05, 0.1) is 12.0 Å². The van der Waals surface area contributed by atoms with Crippen LogP contribution in [0, 0.1) is 10.1 Å². The fourth-order valence-corrected chi connectivity index (χ4v) is 1.49. The number of methoxy groups -OCH3 is 1. The molecule has 19 heavy (non-hydrogen) atoms. The van der Waals surface area contributed by atoms with Crippen molar-refractivity contribution in [3.05, 3.63) is 41.0 Å². The number of nitrogens with one attached hydrogen (secondary N) is 1. The maximum Gasteiger partial charge on any atom is 0.326 e. The standard InChI is InChI=1S/C12H14N2O5/c1-3-4-9(12(15)16)13-10-7-8(19-2)5-6-11(10)14(17)18/h3,5-7,9,13H,1,4H2,2H3,(H,15,16). The van der Waals surface area contributed by atoms with E-state index in [0.717, 1.165) is 0 Å². The van der Waals surface area contributed by atoms with Crippen molar-refractivity contribution in [2.45, 2.75) is 12.5 Å². The second-order valence-electron chi connectivity index (χ2n) is 3.70. The van der Waals surface area contributed by atoms with E-state index in [-0.39, 0.29) is 17.8 Å². The minimum absolute atomic E-state index is 0.0959. The number of hydrogen-bond donors (Lipinski definition) is 2. The quantitative estimate of drug-likeness (QED) is 0.445. The normalized spacial score (nSPS) is 11.4. The van der Waals surface area contributed by atoms with Gasteiger partial charge < -0.3 is 15.2 Å². The first kappa shape index (κ1) is 14.5. The maximum absolute atomic E-state index is 11.0. The molecule has 0 heterocycles. The molecule has 0 aliphatic carbocycles. The highest BCUT2D eigenvalue weighted by Crippen LogP contribution is 2.29. The van der Waals surface area contributed by atoms with Crippen LogP contribution in [0.25, 0.3) is 0 Å². The van der Waals surface area contributed by atoms with E-state index in [1.165, 1.54) is 31.4 Å². The summed E-state index contributed by atoms with van der Waals surface area (Å²) in [7, 11) is 1.42. The van der Waals surface area contributed by atoms with Crippen molar-refractivity contribution in [1.82, 2.24) is 0 Å². The Hall–Kier alpha value is -2.57. The lowest BCUT2D eigenvalue weighted by atomic mass is 10.1. The van der Waals surface area contributed by atoms with E-state index in [0.29, 0.717) is 5.75 Å². The van der Waals surface area contributed by atoms with E-state index in [4.69, 9.17) is 9.84 Å². The Kier molecular flexibility index (Phi) is 4.87. The molecule has 1 unspecified atom stereocenters. The summed E-state index contributed by atoms with van der Waals surface area (Å²) in [6.07, 6.45) is 1.57. The van der Waals surface area contributed by atoms with Crippen molar-refractivity contribution in [3.8, 4) is 5.75 Å². The molecule has 1 aromatic carbocycles. The van der Waals surface area contributed by atoms with Gasteiger partial charge in [-0.05, 0) is 12.5 Å². The Bertz CT molecular complexity index is 501. The van der Waals surface area contributed by atoms with Crippen LogP contribution in [0.15, 0.2) is 30.9 Å². The lowest BCUT2D eigenvalue weighted by molar-refractivity contribution is -0.384. The Labute approximate surface area is 109 Å².